The van der Waals surface area contributed by atoms with E-state index in [0.717, 1.165) is 24.8 Å². The normalized spacial score (nSPS) is 18.6. The van der Waals surface area contributed by atoms with Crippen LogP contribution in [0.15, 0.2) is 36.4 Å². The third-order valence-electron chi connectivity index (χ3n) is 4.66. The van der Waals surface area contributed by atoms with E-state index in [9.17, 15) is 14.7 Å². The van der Waals surface area contributed by atoms with Gasteiger partial charge >= 0.3 is 5.97 Å². The van der Waals surface area contributed by atoms with E-state index >= 15 is 0 Å². The number of carbonyl (C=O) groups excluding carboxylic acids is 1. The predicted molar refractivity (Wildman–Crippen MR) is 102 cm³/mol. The van der Waals surface area contributed by atoms with Gasteiger partial charge in [0.25, 0.3) is 0 Å². The van der Waals surface area contributed by atoms with Crippen LogP contribution >= 0.6 is 11.6 Å². The van der Waals surface area contributed by atoms with Gasteiger partial charge in [0.15, 0.2) is 0 Å². The van der Waals surface area contributed by atoms with Crippen molar-refractivity contribution >= 4 is 23.5 Å². The van der Waals surface area contributed by atoms with Crippen molar-refractivity contribution in [2.24, 2.45) is 0 Å². The number of carbonyl (C=O) groups is 2. The molecule has 0 unspecified atom stereocenters. The highest BCUT2D eigenvalue weighted by atomic mass is 35.5. The summed E-state index contributed by atoms with van der Waals surface area (Å²) < 4.78 is 0. The Morgan fingerprint density at radius 1 is 1.31 bits per heavy atom. The lowest BCUT2D eigenvalue weighted by atomic mass is 10.1. The molecule has 1 aromatic carbocycles. The van der Waals surface area contributed by atoms with E-state index < -0.39 is 12.1 Å². The molecule has 0 radical (unpaired) electrons. The van der Waals surface area contributed by atoms with Crippen LogP contribution in [0.1, 0.15) is 48.0 Å². The number of likely N-dealkylation sites (tertiary alicyclic amines) is 1. The molecule has 26 heavy (non-hydrogen) atoms. The first kappa shape index (κ1) is 20.5. The predicted octanol–water partition coefficient (Wildman–Crippen LogP) is 3.24. The summed E-state index contributed by atoms with van der Waals surface area (Å²) in [5.41, 5.74) is 1.26. The van der Waals surface area contributed by atoms with Crippen molar-refractivity contribution in [2.45, 2.75) is 50.7 Å². The molecule has 1 fully saturated rings. The molecule has 0 aliphatic carbocycles. The molecular weight excluding hydrogens is 354 g/mol. The van der Waals surface area contributed by atoms with Crippen molar-refractivity contribution in [2.75, 3.05) is 12.4 Å². The average Bonchev–Trinajstić information content (AvgIpc) is 2.98. The minimum absolute atomic E-state index is 0.0171. The number of alkyl halides is 1. The van der Waals surface area contributed by atoms with Crippen LogP contribution in [-0.2, 0) is 11.2 Å². The highest BCUT2D eigenvalue weighted by Crippen LogP contribution is 2.21. The Labute approximate surface area is 159 Å². The lowest BCUT2D eigenvalue weighted by molar-refractivity contribution is -0.128. The molecule has 0 spiro atoms. The standard InChI is InChI=1S/C20H26ClNO4/c21-13-2-1-3-18(23)10-8-17-9-11-19(24)22(17)14-12-15-4-6-16(7-5-15)20(25)26/h4-8,10,17-18,23H,1-3,9,11-14H2,(H,25,26)/t17-,18-/m0/s1. The number of aliphatic hydroxyl groups excluding tert-OH is 1. The topological polar surface area (TPSA) is 77.8 Å². The van der Waals surface area contributed by atoms with Crippen LogP contribution in [-0.4, -0.2) is 51.6 Å². The number of unbranched alkanes of at least 4 members (excludes halogenated alkanes) is 1. The van der Waals surface area contributed by atoms with E-state index in [2.05, 4.69) is 0 Å². The molecular formula is C20H26ClNO4. The van der Waals surface area contributed by atoms with E-state index in [1.807, 2.05) is 11.0 Å². The molecule has 0 bridgehead atoms. The largest absolute Gasteiger partial charge is 0.478 e. The number of benzene rings is 1. The number of nitrogens with zero attached hydrogens (tertiary/aromatic N) is 1. The Morgan fingerprint density at radius 3 is 2.69 bits per heavy atom. The number of hydrogen-bond donors (Lipinski definition) is 2. The summed E-state index contributed by atoms with van der Waals surface area (Å²) in [6, 6.07) is 6.75. The van der Waals surface area contributed by atoms with Crippen LogP contribution in [0.3, 0.4) is 0 Å². The first-order valence-electron chi connectivity index (χ1n) is 9.05. The number of rotatable bonds is 10. The van der Waals surface area contributed by atoms with Gasteiger partial charge in [0.05, 0.1) is 17.7 Å². The maximum absolute atomic E-state index is 12.1. The molecule has 1 saturated heterocycles. The number of halogens is 1. The van der Waals surface area contributed by atoms with Gasteiger partial charge in [-0.3, -0.25) is 4.79 Å². The van der Waals surface area contributed by atoms with E-state index in [-0.39, 0.29) is 17.5 Å². The maximum atomic E-state index is 12.1. The van der Waals surface area contributed by atoms with Crippen LogP contribution in [0.2, 0.25) is 0 Å². The molecule has 2 N–H and O–H groups in total. The highest BCUT2D eigenvalue weighted by Gasteiger charge is 2.28. The second-order valence-electron chi connectivity index (χ2n) is 6.58. The van der Waals surface area contributed by atoms with Crippen molar-refractivity contribution in [3.63, 3.8) is 0 Å². The molecule has 0 saturated carbocycles. The molecule has 142 valence electrons. The Morgan fingerprint density at radius 2 is 2.04 bits per heavy atom. The zero-order valence-corrected chi connectivity index (χ0v) is 15.6. The fraction of sp³-hybridized carbons (Fsp3) is 0.500. The van der Waals surface area contributed by atoms with Crippen LogP contribution in [0, 0.1) is 0 Å². The molecule has 6 heteroatoms. The first-order chi connectivity index (χ1) is 12.5. The van der Waals surface area contributed by atoms with Crippen LogP contribution in [0.25, 0.3) is 0 Å². The molecule has 1 heterocycles. The Balaban J connectivity index is 1.87. The lowest BCUT2D eigenvalue weighted by Gasteiger charge is -2.22. The summed E-state index contributed by atoms with van der Waals surface area (Å²) in [6.07, 6.45) is 7.64. The number of carboxylic acids is 1. The molecule has 1 aromatic rings. The van der Waals surface area contributed by atoms with E-state index in [0.29, 0.717) is 31.7 Å². The van der Waals surface area contributed by atoms with Gasteiger partial charge in [0, 0.05) is 18.8 Å². The maximum Gasteiger partial charge on any atom is 0.335 e. The number of carboxylic acid groups (broad SMARTS) is 1. The molecule has 2 rings (SSSR count). The monoisotopic (exact) mass is 379 g/mol. The van der Waals surface area contributed by atoms with Gasteiger partial charge in [-0.25, -0.2) is 4.79 Å². The fourth-order valence-corrected chi connectivity index (χ4v) is 3.30. The van der Waals surface area contributed by atoms with Crippen LogP contribution < -0.4 is 0 Å². The van der Waals surface area contributed by atoms with Crippen molar-refractivity contribution in [3.05, 3.63) is 47.5 Å². The van der Waals surface area contributed by atoms with Crippen molar-refractivity contribution in [1.82, 2.24) is 4.90 Å². The first-order valence-corrected chi connectivity index (χ1v) is 9.58. The smallest absolute Gasteiger partial charge is 0.335 e. The molecule has 1 aliphatic rings. The van der Waals surface area contributed by atoms with Crippen molar-refractivity contribution in [3.8, 4) is 0 Å². The second-order valence-corrected chi connectivity index (χ2v) is 6.96. The average molecular weight is 380 g/mol. The van der Waals surface area contributed by atoms with E-state index in [1.54, 1.807) is 30.3 Å². The molecule has 1 aliphatic heterocycles. The Kier molecular flexibility index (Phi) is 8.13. The molecule has 5 nitrogen and oxygen atoms in total. The van der Waals surface area contributed by atoms with Gasteiger partial charge in [-0.15, -0.1) is 11.6 Å². The quantitative estimate of drug-likeness (QED) is 0.371. The Bertz CT molecular complexity index is 629. The number of aliphatic hydroxyl groups is 1. The number of hydrogen-bond acceptors (Lipinski definition) is 3. The van der Waals surface area contributed by atoms with Gasteiger partial charge in [-0.1, -0.05) is 24.3 Å². The molecule has 1 amide bonds. The van der Waals surface area contributed by atoms with Gasteiger partial charge < -0.3 is 15.1 Å². The minimum atomic E-state index is -0.943. The SMILES string of the molecule is O=C(O)c1ccc(CCN2C(=O)CC[C@@H]2C=C[C@@H](O)CCCCCl)cc1. The van der Waals surface area contributed by atoms with E-state index in [4.69, 9.17) is 16.7 Å². The lowest BCUT2D eigenvalue weighted by Crippen LogP contribution is -2.33. The third-order valence-corrected chi connectivity index (χ3v) is 4.92. The van der Waals surface area contributed by atoms with Gasteiger partial charge in [-0.2, -0.15) is 0 Å². The summed E-state index contributed by atoms with van der Waals surface area (Å²) in [5.74, 6) is -0.214. The summed E-state index contributed by atoms with van der Waals surface area (Å²) >= 11 is 5.64. The molecule has 2 atom stereocenters. The highest BCUT2D eigenvalue weighted by molar-refractivity contribution is 6.17. The zero-order chi connectivity index (χ0) is 18.9. The third kappa shape index (κ3) is 6.15. The van der Waals surface area contributed by atoms with Crippen molar-refractivity contribution in [1.29, 1.82) is 0 Å². The second kappa shape index (κ2) is 10.3. The summed E-state index contributed by atoms with van der Waals surface area (Å²) in [5, 5.41) is 18.9. The van der Waals surface area contributed by atoms with Crippen molar-refractivity contribution < 1.29 is 19.8 Å². The van der Waals surface area contributed by atoms with E-state index in [1.165, 1.54) is 0 Å². The zero-order valence-electron chi connectivity index (χ0n) is 14.8. The summed E-state index contributed by atoms with van der Waals surface area (Å²) in [4.78, 5) is 24.9. The van der Waals surface area contributed by atoms with Gasteiger partial charge in [0.2, 0.25) is 5.91 Å². The van der Waals surface area contributed by atoms with Gasteiger partial charge in [-0.05, 0) is 49.8 Å². The van der Waals surface area contributed by atoms with Gasteiger partial charge in [0.1, 0.15) is 0 Å². The Hall–Kier alpha value is -1.85. The number of amides is 1. The summed E-state index contributed by atoms with van der Waals surface area (Å²) in [7, 11) is 0. The van der Waals surface area contributed by atoms with Crippen LogP contribution in [0.4, 0.5) is 0 Å². The van der Waals surface area contributed by atoms with Crippen LogP contribution in [0.5, 0.6) is 0 Å². The summed E-state index contributed by atoms with van der Waals surface area (Å²) in [6.45, 7) is 0.586. The minimum Gasteiger partial charge on any atom is -0.478 e. The molecule has 0 aromatic heterocycles. The number of aromatic carboxylic acids is 1. The fourth-order valence-electron chi connectivity index (χ4n) is 3.11.